The molecule has 0 saturated carbocycles. The fourth-order valence-electron chi connectivity index (χ4n) is 2.73. The van der Waals surface area contributed by atoms with E-state index < -0.39 is 0 Å². The molecule has 2 aromatic rings. The highest BCUT2D eigenvalue weighted by molar-refractivity contribution is 5.87. The van der Waals surface area contributed by atoms with Crippen LogP contribution in [-0.4, -0.2) is 30.9 Å². The summed E-state index contributed by atoms with van der Waals surface area (Å²) < 4.78 is 0. The van der Waals surface area contributed by atoms with Gasteiger partial charge in [-0.3, -0.25) is 4.79 Å². The van der Waals surface area contributed by atoms with Gasteiger partial charge in [-0.2, -0.15) is 0 Å². The largest absolute Gasteiger partial charge is 0.345 e. The van der Waals surface area contributed by atoms with Crippen LogP contribution in [0.15, 0.2) is 42.5 Å². The number of rotatable bonds is 5. The maximum atomic E-state index is 12.7. The van der Waals surface area contributed by atoms with Gasteiger partial charge in [0.2, 0.25) is 5.91 Å². The summed E-state index contributed by atoms with van der Waals surface area (Å²) >= 11 is 0. The van der Waals surface area contributed by atoms with Gasteiger partial charge in [0.15, 0.2) is 0 Å². The molecule has 0 saturated heterocycles. The number of carbonyl (C=O) groups excluding carboxylic acids is 1. The van der Waals surface area contributed by atoms with E-state index in [0.29, 0.717) is 13.1 Å². The number of halogens is 1. The van der Waals surface area contributed by atoms with Gasteiger partial charge in [-0.1, -0.05) is 56.3 Å². The molecule has 4 heteroatoms. The summed E-state index contributed by atoms with van der Waals surface area (Å²) in [7, 11) is 1.86. The van der Waals surface area contributed by atoms with E-state index in [-0.39, 0.29) is 29.6 Å². The zero-order valence-corrected chi connectivity index (χ0v) is 15.2. The molecule has 0 spiro atoms. The van der Waals surface area contributed by atoms with E-state index >= 15 is 0 Å². The van der Waals surface area contributed by atoms with Crippen molar-refractivity contribution in [2.45, 2.75) is 26.7 Å². The number of hydrogen-bond acceptors (Lipinski definition) is 2. The van der Waals surface area contributed by atoms with Crippen molar-refractivity contribution < 1.29 is 4.79 Å². The summed E-state index contributed by atoms with van der Waals surface area (Å²) in [5.41, 5.74) is 6.76. The molecule has 0 aliphatic heterocycles. The Morgan fingerprint density at radius 1 is 1.17 bits per heavy atom. The molecule has 1 amide bonds. The van der Waals surface area contributed by atoms with Gasteiger partial charge in [0.25, 0.3) is 0 Å². The van der Waals surface area contributed by atoms with E-state index in [0.717, 1.165) is 5.56 Å². The van der Waals surface area contributed by atoms with Crippen LogP contribution in [0.3, 0.4) is 0 Å². The van der Waals surface area contributed by atoms with Crippen molar-refractivity contribution in [3.63, 3.8) is 0 Å². The van der Waals surface area contributed by atoms with Crippen LogP contribution in [0.4, 0.5) is 0 Å². The predicted molar refractivity (Wildman–Crippen MR) is 100 cm³/mol. The molecule has 126 valence electrons. The average Bonchev–Trinajstić information content (AvgIpc) is 2.52. The average molecular weight is 335 g/mol. The van der Waals surface area contributed by atoms with E-state index in [1.807, 2.05) is 32.2 Å². The zero-order valence-electron chi connectivity index (χ0n) is 14.4. The normalized spacial score (nSPS) is 12.6. The number of likely N-dealkylation sites (N-methyl/N-ethyl adjacent to an activating group) is 1. The predicted octanol–water partition coefficient (Wildman–Crippen LogP) is 3.81. The first-order chi connectivity index (χ1) is 10.3. The Balaban J connectivity index is 0.00000264. The lowest BCUT2D eigenvalue weighted by Gasteiger charge is -2.30. The smallest absolute Gasteiger partial charge is 0.229 e. The molecule has 0 radical (unpaired) electrons. The maximum Gasteiger partial charge on any atom is 0.229 e. The van der Waals surface area contributed by atoms with Crippen LogP contribution in [0.25, 0.3) is 10.8 Å². The summed E-state index contributed by atoms with van der Waals surface area (Å²) in [6.07, 6.45) is 0. The minimum absolute atomic E-state index is 0. The van der Waals surface area contributed by atoms with Gasteiger partial charge in [0.05, 0.1) is 5.92 Å². The van der Waals surface area contributed by atoms with E-state index in [4.69, 9.17) is 5.73 Å². The van der Waals surface area contributed by atoms with Crippen molar-refractivity contribution in [1.29, 1.82) is 0 Å². The van der Waals surface area contributed by atoms with Crippen molar-refractivity contribution in [2.24, 2.45) is 11.1 Å². The number of hydrogen-bond donors (Lipinski definition) is 1. The highest BCUT2D eigenvalue weighted by atomic mass is 35.5. The molecule has 1 atom stereocenters. The lowest BCUT2D eigenvalue weighted by atomic mass is 9.91. The van der Waals surface area contributed by atoms with Crippen LogP contribution >= 0.6 is 12.4 Å². The van der Waals surface area contributed by atoms with Gasteiger partial charge < -0.3 is 10.6 Å². The number of fused-ring (bicyclic) bond motifs is 1. The van der Waals surface area contributed by atoms with Crippen molar-refractivity contribution >= 4 is 29.1 Å². The Bertz CT molecular complexity index is 669. The van der Waals surface area contributed by atoms with Crippen LogP contribution in [0.5, 0.6) is 0 Å². The lowest BCUT2D eigenvalue weighted by molar-refractivity contribution is -0.132. The third kappa shape index (κ3) is 4.69. The van der Waals surface area contributed by atoms with Crippen molar-refractivity contribution in [3.8, 4) is 0 Å². The maximum absolute atomic E-state index is 12.7. The van der Waals surface area contributed by atoms with Gasteiger partial charge >= 0.3 is 0 Å². The highest BCUT2D eigenvalue weighted by Gasteiger charge is 2.25. The van der Waals surface area contributed by atoms with Crippen molar-refractivity contribution in [2.75, 3.05) is 20.1 Å². The van der Waals surface area contributed by atoms with E-state index in [1.54, 1.807) is 4.90 Å². The molecule has 23 heavy (non-hydrogen) atoms. The van der Waals surface area contributed by atoms with Crippen LogP contribution in [0, 0.1) is 5.41 Å². The summed E-state index contributed by atoms with van der Waals surface area (Å²) in [4.78, 5) is 14.5. The number of carbonyl (C=O) groups is 1. The third-order valence-corrected chi connectivity index (χ3v) is 4.24. The minimum Gasteiger partial charge on any atom is -0.345 e. The first-order valence-corrected chi connectivity index (χ1v) is 7.78. The number of nitrogens with zero attached hydrogens (tertiary/aromatic N) is 1. The second kappa shape index (κ2) is 7.80. The molecule has 0 aliphatic carbocycles. The fourth-order valence-corrected chi connectivity index (χ4v) is 2.73. The molecule has 2 rings (SSSR count). The first kappa shape index (κ1) is 19.5. The fraction of sp³-hybridized carbons (Fsp3) is 0.421. The van der Waals surface area contributed by atoms with Crippen LogP contribution < -0.4 is 5.73 Å². The van der Waals surface area contributed by atoms with Gasteiger partial charge in [-0.15, -0.1) is 12.4 Å². The summed E-state index contributed by atoms with van der Waals surface area (Å²) in [6.45, 7) is 7.36. The Morgan fingerprint density at radius 3 is 2.39 bits per heavy atom. The Kier molecular flexibility index (Phi) is 6.60. The number of amides is 1. The standard InChI is InChI=1S/C19H26N2O.ClH/c1-14(18(22)21(4)13-19(2,3)12-20)16-10-9-15-7-5-6-8-17(15)11-16;/h5-11,14H,12-13,20H2,1-4H3;1H. The monoisotopic (exact) mass is 334 g/mol. The molecular formula is C19H27ClN2O. The number of benzene rings is 2. The van der Waals surface area contributed by atoms with Gasteiger partial charge in [0.1, 0.15) is 0 Å². The molecule has 2 aromatic carbocycles. The van der Waals surface area contributed by atoms with E-state index in [1.165, 1.54) is 10.8 Å². The van der Waals surface area contributed by atoms with Crippen LogP contribution in [0.2, 0.25) is 0 Å². The molecule has 3 nitrogen and oxygen atoms in total. The van der Waals surface area contributed by atoms with Crippen molar-refractivity contribution in [3.05, 3.63) is 48.0 Å². The Labute approximate surface area is 145 Å². The van der Waals surface area contributed by atoms with E-state index in [2.05, 4.69) is 38.1 Å². The van der Waals surface area contributed by atoms with Gasteiger partial charge in [0, 0.05) is 13.6 Å². The second-order valence-electron chi connectivity index (χ2n) is 6.89. The third-order valence-electron chi connectivity index (χ3n) is 4.24. The SMILES string of the molecule is CC(C(=O)N(C)CC(C)(C)CN)c1ccc2ccccc2c1.Cl. The molecule has 1 unspecified atom stereocenters. The first-order valence-electron chi connectivity index (χ1n) is 7.78. The van der Waals surface area contributed by atoms with Crippen LogP contribution in [-0.2, 0) is 4.79 Å². The lowest BCUT2D eigenvalue weighted by Crippen LogP contribution is -2.41. The molecule has 0 fully saturated rings. The highest BCUT2D eigenvalue weighted by Crippen LogP contribution is 2.24. The summed E-state index contributed by atoms with van der Waals surface area (Å²) in [6, 6.07) is 14.5. The Hall–Kier alpha value is -1.58. The minimum atomic E-state index is -0.150. The van der Waals surface area contributed by atoms with Crippen LogP contribution in [0.1, 0.15) is 32.3 Å². The Morgan fingerprint density at radius 2 is 1.78 bits per heavy atom. The summed E-state index contributed by atoms with van der Waals surface area (Å²) in [5, 5.41) is 2.37. The molecule has 0 aliphatic rings. The van der Waals surface area contributed by atoms with E-state index in [9.17, 15) is 4.79 Å². The molecule has 2 N–H and O–H groups in total. The molecule has 0 bridgehead atoms. The second-order valence-corrected chi connectivity index (χ2v) is 6.89. The van der Waals surface area contributed by atoms with Gasteiger partial charge in [-0.25, -0.2) is 0 Å². The summed E-state index contributed by atoms with van der Waals surface area (Å²) in [5.74, 6) is -0.0139. The molecular weight excluding hydrogens is 308 g/mol. The zero-order chi connectivity index (χ0) is 16.3. The number of nitrogens with two attached hydrogens (primary N) is 1. The quantitative estimate of drug-likeness (QED) is 0.903. The molecule has 0 heterocycles. The topological polar surface area (TPSA) is 46.3 Å². The van der Waals surface area contributed by atoms with Crippen molar-refractivity contribution in [1.82, 2.24) is 4.90 Å². The van der Waals surface area contributed by atoms with Gasteiger partial charge in [-0.05, 0) is 35.2 Å². The molecule has 0 aromatic heterocycles.